The fourth-order valence-corrected chi connectivity index (χ4v) is 5.84. The van der Waals surface area contributed by atoms with Gasteiger partial charge in [0.15, 0.2) is 0 Å². The molecule has 4 nitrogen and oxygen atoms in total. The summed E-state index contributed by atoms with van der Waals surface area (Å²) in [5.74, 6) is 1.61. The Morgan fingerprint density at radius 1 is 1.18 bits per heavy atom. The van der Waals surface area contributed by atoms with Gasteiger partial charge in [-0.25, -0.2) is 4.79 Å². The van der Waals surface area contributed by atoms with Crippen molar-refractivity contribution in [3.63, 3.8) is 0 Å². The number of rotatable bonds is 5. The number of carboxylic acid groups (broad SMARTS) is 1. The second-order valence-electron chi connectivity index (χ2n) is 8.95. The first-order valence-electron chi connectivity index (χ1n) is 10.9. The van der Waals surface area contributed by atoms with Crippen molar-refractivity contribution >= 4 is 18.5 Å². The van der Waals surface area contributed by atoms with Crippen molar-refractivity contribution in [2.75, 3.05) is 20.1 Å². The van der Waals surface area contributed by atoms with E-state index in [0.717, 1.165) is 12.3 Å². The highest BCUT2D eigenvalue weighted by atomic mass is 35.5. The van der Waals surface area contributed by atoms with Crippen molar-refractivity contribution in [2.24, 2.45) is 5.92 Å². The summed E-state index contributed by atoms with van der Waals surface area (Å²) in [5, 5.41) is 9.22. The molecule has 1 aromatic carbocycles. The number of nitrogens with zero attached hydrogens (tertiary/aromatic N) is 2. The zero-order valence-corrected chi connectivity index (χ0v) is 17.9. The molecular formula is C23H35ClN2O2. The van der Waals surface area contributed by atoms with Crippen LogP contribution in [-0.4, -0.2) is 47.2 Å². The number of hydrogen-bond acceptors (Lipinski definition) is 2. The highest BCUT2D eigenvalue weighted by Gasteiger charge is 2.39. The lowest BCUT2D eigenvalue weighted by Crippen LogP contribution is -2.37. The predicted octanol–water partition coefficient (Wildman–Crippen LogP) is 5.29. The Kier molecular flexibility index (Phi) is 7.27. The van der Waals surface area contributed by atoms with Crippen molar-refractivity contribution < 1.29 is 9.90 Å². The van der Waals surface area contributed by atoms with Gasteiger partial charge in [-0.05, 0) is 61.4 Å². The molecule has 5 heteroatoms. The van der Waals surface area contributed by atoms with Crippen LogP contribution in [0.4, 0.5) is 4.79 Å². The van der Waals surface area contributed by atoms with Crippen LogP contribution in [0.3, 0.4) is 0 Å². The molecule has 156 valence electrons. The van der Waals surface area contributed by atoms with Gasteiger partial charge >= 0.3 is 6.09 Å². The van der Waals surface area contributed by atoms with Crippen LogP contribution in [-0.2, 0) is 13.0 Å². The molecule has 2 aliphatic carbocycles. The normalized spacial score (nSPS) is 24.9. The smallest absolute Gasteiger partial charge is 0.407 e. The minimum Gasteiger partial charge on any atom is -0.465 e. The van der Waals surface area contributed by atoms with Crippen LogP contribution in [0.2, 0.25) is 0 Å². The summed E-state index contributed by atoms with van der Waals surface area (Å²) in [6.45, 7) is 3.02. The third-order valence-corrected chi connectivity index (χ3v) is 7.34. The first-order valence-corrected chi connectivity index (χ1v) is 10.9. The summed E-state index contributed by atoms with van der Waals surface area (Å²) >= 11 is 0. The highest BCUT2D eigenvalue weighted by Crippen LogP contribution is 2.43. The van der Waals surface area contributed by atoms with E-state index in [-0.39, 0.29) is 12.4 Å². The van der Waals surface area contributed by atoms with Crippen LogP contribution in [0.1, 0.15) is 74.0 Å². The lowest BCUT2D eigenvalue weighted by Gasteiger charge is -2.35. The average molecular weight is 407 g/mol. The maximum absolute atomic E-state index is 11.2. The predicted molar refractivity (Wildman–Crippen MR) is 115 cm³/mol. The van der Waals surface area contributed by atoms with E-state index in [4.69, 9.17) is 0 Å². The van der Waals surface area contributed by atoms with E-state index in [1.807, 2.05) is 0 Å². The fraction of sp³-hybridized carbons (Fsp3) is 0.696. The van der Waals surface area contributed by atoms with E-state index in [1.165, 1.54) is 86.0 Å². The number of hydrogen-bond donors (Lipinski definition) is 1. The van der Waals surface area contributed by atoms with Crippen LogP contribution in [0.25, 0.3) is 0 Å². The SMILES string of the molecule is CN(Cc1cccc2c1CC[C@H]1[C@@H]2CCN1CCC1CCCCC1)C(=O)O.Cl. The molecule has 1 saturated carbocycles. The monoisotopic (exact) mass is 406 g/mol. The van der Waals surface area contributed by atoms with E-state index in [0.29, 0.717) is 18.5 Å². The van der Waals surface area contributed by atoms with Crippen LogP contribution in [0, 0.1) is 5.92 Å². The van der Waals surface area contributed by atoms with Gasteiger partial charge in [-0.1, -0.05) is 50.3 Å². The second kappa shape index (κ2) is 9.49. The molecule has 3 aliphatic rings. The van der Waals surface area contributed by atoms with Crippen LogP contribution in [0.5, 0.6) is 0 Å². The third kappa shape index (κ3) is 4.49. The molecule has 0 unspecified atom stereocenters. The summed E-state index contributed by atoms with van der Waals surface area (Å²) in [5.41, 5.74) is 4.14. The fourth-order valence-electron chi connectivity index (χ4n) is 5.84. The quantitative estimate of drug-likeness (QED) is 0.722. The summed E-state index contributed by atoms with van der Waals surface area (Å²) in [6, 6.07) is 7.26. The summed E-state index contributed by atoms with van der Waals surface area (Å²) in [6.07, 6.45) is 11.4. The molecule has 1 aliphatic heterocycles. The van der Waals surface area contributed by atoms with Gasteiger partial charge in [-0.15, -0.1) is 12.4 Å². The van der Waals surface area contributed by atoms with Gasteiger partial charge in [0.1, 0.15) is 0 Å². The maximum atomic E-state index is 11.2. The summed E-state index contributed by atoms with van der Waals surface area (Å²) in [4.78, 5) is 15.4. The van der Waals surface area contributed by atoms with Crippen molar-refractivity contribution in [3.8, 4) is 0 Å². The Hall–Kier alpha value is -1.26. The Morgan fingerprint density at radius 3 is 2.71 bits per heavy atom. The number of benzene rings is 1. The van der Waals surface area contributed by atoms with Gasteiger partial charge in [-0.2, -0.15) is 0 Å². The molecule has 1 aromatic rings. The minimum atomic E-state index is -0.851. The van der Waals surface area contributed by atoms with Crippen LogP contribution in [0.15, 0.2) is 18.2 Å². The first-order chi connectivity index (χ1) is 13.1. The van der Waals surface area contributed by atoms with Gasteiger partial charge in [-0.3, -0.25) is 4.90 Å². The van der Waals surface area contributed by atoms with E-state index >= 15 is 0 Å². The van der Waals surface area contributed by atoms with Crippen LogP contribution < -0.4 is 0 Å². The molecule has 1 N–H and O–H groups in total. The number of halogens is 1. The summed E-state index contributed by atoms with van der Waals surface area (Å²) < 4.78 is 0. The van der Waals surface area contributed by atoms with Gasteiger partial charge in [0, 0.05) is 25.6 Å². The number of likely N-dealkylation sites (tertiary alicyclic amines) is 1. The van der Waals surface area contributed by atoms with E-state index in [9.17, 15) is 9.90 Å². The van der Waals surface area contributed by atoms with Crippen molar-refractivity contribution in [1.82, 2.24) is 9.80 Å². The van der Waals surface area contributed by atoms with Crippen molar-refractivity contribution in [3.05, 3.63) is 34.9 Å². The molecule has 2 fully saturated rings. The Morgan fingerprint density at radius 2 is 1.96 bits per heavy atom. The lowest BCUT2D eigenvalue weighted by molar-refractivity contribution is 0.153. The molecule has 28 heavy (non-hydrogen) atoms. The second-order valence-corrected chi connectivity index (χ2v) is 8.95. The van der Waals surface area contributed by atoms with Gasteiger partial charge in [0.25, 0.3) is 0 Å². The van der Waals surface area contributed by atoms with Crippen molar-refractivity contribution in [2.45, 2.75) is 76.3 Å². The molecule has 4 rings (SSSR count). The van der Waals surface area contributed by atoms with E-state index < -0.39 is 6.09 Å². The molecule has 1 amide bonds. The number of carbonyl (C=O) groups is 1. The topological polar surface area (TPSA) is 43.8 Å². The zero-order valence-electron chi connectivity index (χ0n) is 17.1. The Labute approximate surface area is 175 Å². The maximum Gasteiger partial charge on any atom is 0.407 e. The highest BCUT2D eigenvalue weighted by molar-refractivity contribution is 5.85. The molecule has 2 atom stereocenters. The molecule has 0 radical (unpaired) electrons. The molecule has 0 aromatic heterocycles. The first kappa shape index (κ1) is 21.4. The molecule has 0 spiro atoms. The Bertz CT molecular complexity index is 675. The summed E-state index contributed by atoms with van der Waals surface area (Å²) in [7, 11) is 1.66. The standard InChI is InChI=1S/C23H34N2O2.ClH/c1-24(23(26)27)16-18-8-5-9-20-19(18)10-11-22-21(20)13-15-25(22)14-12-17-6-3-2-4-7-17;/h5,8-9,17,21-22H,2-4,6-7,10-16H2,1H3,(H,26,27);1H/t21-,22+;/m1./s1. The molecule has 0 bridgehead atoms. The number of amides is 1. The number of fused-ring (bicyclic) bond motifs is 3. The van der Waals surface area contributed by atoms with E-state index in [2.05, 4.69) is 23.1 Å². The van der Waals surface area contributed by atoms with Gasteiger partial charge in [0.2, 0.25) is 0 Å². The van der Waals surface area contributed by atoms with Gasteiger partial charge < -0.3 is 10.0 Å². The minimum absolute atomic E-state index is 0. The average Bonchev–Trinajstić information content (AvgIpc) is 3.11. The van der Waals surface area contributed by atoms with Gasteiger partial charge in [0.05, 0.1) is 0 Å². The third-order valence-electron chi connectivity index (χ3n) is 7.34. The molecular weight excluding hydrogens is 372 g/mol. The molecule has 1 heterocycles. The van der Waals surface area contributed by atoms with Crippen molar-refractivity contribution in [1.29, 1.82) is 0 Å². The zero-order chi connectivity index (χ0) is 18.8. The van der Waals surface area contributed by atoms with E-state index in [1.54, 1.807) is 7.05 Å². The largest absolute Gasteiger partial charge is 0.465 e. The van der Waals surface area contributed by atoms with Crippen LogP contribution >= 0.6 is 12.4 Å². The Balaban J connectivity index is 0.00000225. The lowest BCUT2D eigenvalue weighted by atomic mass is 9.77. The molecule has 1 saturated heterocycles.